The quantitative estimate of drug-likeness (QED) is 0.836. The number of carboxylic acids is 1. The Hall–Kier alpha value is -1.96. The van der Waals surface area contributed by atoms with Crippen molar-refractivity contribution in [2.24, 2.45) is 0 Å². The van der Waals surface area contributed by atoms with Crippen LogP contribution in [0.2, 0.25) is 0 Å². The van der Waals surface area contributed by atoms with Crippen LogP contribution >= 0.6 is 11.8 Å². The van der Waals surface area contributed by atoms with Gasteiger partial charge in [0, 0.05) is 12.1 Å². The van der Waals surface area contributed by atoms with Crippen molar-refractivity contribution in [1.29, 1.82) is 0 Å². The van der Waals surface area contributed by atoms with Crippen LogP contribution < -0.4 is 0 Å². The Balaban J connectivity index is 2.42. The van der Waals surface area contributed by atoms with E-state index in [4.69, 9.17) is 5.11 Å². The smallest absolute Gasteiger partial charge is 0.313 e. The molecule has 2 aromatic rings. The van der Waals surface area contributed by atoms with Gasteiger partial charge < -0.3 is 9.67 Å². The molecular formula is C12H15N5O2S. The molecular weight excluding hydrogens is 278 g/mol. The maximum absolute atomic E-state index is 10.7. The summed E-state index contributed by atoms with van der Waals surface area (Å²) in [4.78, 5) is 10.7. The van der Waals surface area contributed by atoms with Crippen LogP contribution in [0.4, 0.5) is 0 Å². The minimum atomic E-state index is -0.875. The lowest BCUT2D eigenvalue weighted by Crippen LogP contribution is -2.04. The summed E-state index contributed by atoms with van der Waals surface area (Å²) in [5, 5.41) is 25.7. The van der Waals surface area contributed by atoms with Crippen molar-refractivity contribution in [3.63, 3.8) is 0 Å². The molecule has 0 aromatic carbocycles. The van der Waals surface area contributed by atoms with Crippen molar-refractivity contribution in [1.82, 2.24) is 25.0 Å². The molecule has 20 heavy (non-hydrogen) atoms. The van der Waals surface area contributed by atoms with Crippen molar-refractivity contribution in [3.8, 4) is 11.4 Å². The Labute approximate surface area is 120 Å². The van der Waals surface area contributed by atoms with Gasteiger partial charge >= 0.3 is 5.97 Å². The van der Waals surface area contributed by atoms with E-state index in [0.717, 1.165) is 28.7 Å². The highest BCUT2D eigenvalue weighted by Crippen LogP contribution is 2.25. The van der Waals surface area contributed by atoms with E-state index in [-0.39, 0.29) is 5.75 Å². The summed E-state index contributed by atoms with van der Waals surface area (Å²) in [7, 11) is 0. The first-order valence-corrected chi connectivity index (χ1v) is 7.10. The fraction of sp³-hybridized carbons (Fsp3) is 0.417. The lowest BCUT2D eigenvalue weighted by molar-refractivity contribution is -0.133. The van der Waals surface area contributed by atoms with Gasteiger partial charge in [0.2, 0.25) is 0 Å². The highest BCUT2D eigenvalue weighted by atomic mass is 32.2. The number of hydrogen-bond acceptors (Lipinski definition) is 6. The van der Waals surface area contributed by atoms with Gasteiger partial charge in [0.25, 0.3) is 0 Å². The lowest BCUT2D eigenvalue weighted by atomic mass is 10.2. The standard InChI is InChI=1S/C12H15N5O2S/c1-4-17-11(9-5-7(2)13-14-8(9)3)15-16-12(17)20-6-10(18)19/h5H,4,6H2,1-3H3,(H,18,19). The molecule has 0 fully saturated rings. The summed E-state index contributed by atoms with van der Waals surface area (Å²) >= 11 is 1.16. The summed E-state index contributed by atoms with van der Waals surface area (Å²) in [6.45, 7) is 6.35. The fourth-order valence-corrected chi connectivity index (χ4v) is 2.50. The summed E-state index contributed by atoms with van der Waals surface area (Å²) in [6, 6.07) is 1.91. The largest absolute Gasteiger partial charge is 0.481 e. The first-order valence-electron chi connectivity index (χ1n) is 6.12. The Morgan fingerprint density at radius 2 is 2.05 bits per heavy atom. The number of hydrogen-bond donors (Lipinski definition) is 1. The zero-order valence-corrected chi connectivity index (χ0v) is 12.3. The van der Waals surface area contributed by atoms with Gasteiger partial charge in [-0.1, -0.05) is 11.8 Å². The van der Waals surface area contributed by atoms with Gasteiger partial charge in [0.15, 0.2) is 11.0 Å². The molecule has 0 amide bonds. The first-order chi connectivity index (χ1) is 9.52. The molecule has 0 saturated heterocycles. The number of carbonyl (C=O) groups is 1. The number of aliphatic carboxylic acids is 1. The number of nitrogens with zero attached hydrogens (tertiary/aromatic N) is 5. The van der Waals surface area contributed by atoms with Gasteiger partial charge in [0.05, 0.1) is 17.1 Å². The molecule has 0 saturated carbocycles. The van der Waals surface area contributed by atoms with E-state index < -0.39 is 5.97 Å². The predicted octanol–water partition coefficient (Wildman–Crippen LogP) is 1.55. The van der Waals surface area contributed by atoms with Crippen molar-refractivity contribution in [2.75, 3.05) is 5.75 Å². The summed E-state index contributed by atoms with van der Waals surface area (Å²) in [6.07, 6.45) is 0. The number of aromatic nitrogens is 5. The maximum Gasteiger partial charge on any atom is 0.313 e. The topological polar surface area (TPSA) is 93.8 Å². The zero-order chi connectivity index (χ0) is 14.7. The second-order valence-corrected chi connectivity index (χ2v) is 5.16. The monoisotopic (exact) mass is 293 g/mol. The summed E-state index contributed by atoms with van der Waals surface area (Å²) < 4.78 is 1.89. The van der Waals surface area contributed by atoms with Crippen LogP contribution in [0.1, 0.15) is 18.3 Å². The van der Waals surface area contributed by atoms with E-state index >= 15 is 0 Å². The molecule has 0 aliphatic carbocycles. The van der Waals surface area contributed by atoms with E-state index in [2.05, 4.69) is 20.4 Å². The minimum absolute atomic E-state index is 0.0370. The van der Waals surface area contributed by atoms with Crippen LogP contribution in [-0.4, -0.2) is 41.8 Å². The van der Waals surface area contributed by atoms with E-state index in [1.807, 2.05) is 31.4 Å². The lowest BCUT2D eigenvalue weighted by Gasteiger charge is -2.08. The van der Waals surface area contributed by atoms with Crippen LogP contribution in [0.3, 0.4) is 0 Å². The van der Waals surface area contributed by atoms with Crippen LogP contribution in [-0.2, 0) is 11.3 Å². The predicted molar refractivity (Wildman–Crippen MR) is 74.6 cm³/mol. The summed E-state index contributed by atoms with van der Waals surface area (Å²) in [5.41, 5.74) is 2.44. The van der Waals surface area contributed by atoms with Gasteiger partial charge in [-0.15, -0.1) is 10.2 Å². The van der Waals surface area contributed by atoms with Crippen LogP contribution in [0.25, 0.3) is 11.4 Å². The maximum atomic E-state index is 10.7. The van der Waals surface area contributed by atoms with Crippen molar-refractivity contribution in [3.05, 3.63) is 17.5 Å². The second kappa shape index (κ2) is 6.00. The molecule has 0 unspecified atom stereocenters. The Kier molecular flexibility index (Phi) is 4.33. The molecule has 1 N–H and O–H groups in total. The third-order valence-electron chi connectivity index (χ3n) is 2.70. The van der Waals surface area contributed by atoms with Crippen LogP contribution in [0, 0.1) is 13.8 Å². The molecule has 7 nitrogen and oxygen atoms in total. The molecule has 0 aliphatic heterocycles. The number of aryl methyl sites for hydroxylation is 2. The average Bonchev–Trinajstić information content (AvgIpc) is 2.81. The van der Waals surface area contributed by atoms with E-state index in [1.165, 1.54) is 0 Å². The molecule has 0 radical (unpaired) electrons. The van der Waals surface area contributed by atoms with E-state index in [0.29, 0.717) is 17.5 Å². The molecule has 0 atom stereocenters. The molecule has 2 aromatic heterocycles. The van der Waals surface area contributed by atoms with Crippen molar-refractivity contribution in [2.45, 2.75) is 32.5 Å². The average molecular weight is 293 g/mol. The Bertz CT molecular complexity index is 641. The Morgan fingerprint density at radius 1 is 1.30 bits per heavy atom. The van der Waals surface area contributed by atoms with Gasteiger partial charge in [-0.3, -0.25) is 4.79 Å². The van der Waals surface area contributed by atoms with Gasteiger partial charge in [-0.05, 0) is 26.8 Å². The third kappa shape index (κ3) is 2.96. The van der Waals surface area contributed by atoms with Gasteiger partial charge in [-0.25, -0.2) is 0 Å². The number of carboxylic acid groups (broad SMARTS) is 1. The molecule has 106 valence electrons. The third-order valence-corrected chi connectivity index (χ3v) is 3.65. The van der Waals surface area contributed by atoms with Crippen LogP contribution in [0.5, 0.6) is 0 Å². The van der Waals surface area contributed by atoms with E-state index in [9.17, 15) is 4.79 Å². The highest BCUT2D eigenvalue weighted by Gasteiger charge is 2.16. The SMILES string of the molecule is CCn1c(SCC(=O)O)nnc1-c1cc(C)nnc1C. The molecule has 0 aliphatic rings. The number of thioether (sulfide) groups is 1. The van der Waals surface area contributed by atoms with E-state index in [1.54, 1.807) is 0 Å². The van der Waals surface area contributed by atoms with Crippen molar-refractivity contribution < 1.29 is 9.90 Å². The van der Waals surface area contributed by atoms with Crippen LogP contribution in [0.15, 0.2) is 11.2 Å². The van der Waals surface area contributed by atoms with Gasteiger partial charge in [-0.2, -0.15) is 10.2 Å². The molecule has 2 rings (SSSR count). The first kappa shape index (κ1) is 14.4. The normalized spacial score (nSPS) is 10.8. The molecule has 0 spiro atoms. The zero-order valence-electron chi connectivity index (χ0n) is 11.5. The number of rotatable bonds is 5. The molecule has 8 heteroatoms. The summed E-state index contributed by atoms with van der Waals surface area (Å²) in [5.74, 6) is -0.222. The Morgan fingerprint density at radius 3 is 2.70 bits per heavy atom. The second-order valence-electron chi connectivity index (χ2n) is 4.22. The highest BCUT2D eigenvalue weighted by molar-refractivity contribution is 7.99. The minimum Gasteiger partial charge on any atom is -0.481 e. The van der Waals surface area contributed by atoms with Crippen molar-refractivity contribution >= 4 is 17.7 Å². The van der Waals surface area contributed by atoms with Gasteiger partial charge in [0.1, 0.15) is 0 Å². The fourth-order valence-electron chi connectivity index (χ4n) is 1.78. The molecule has 2 heterocycles. The molecule has 0 bridgehead atoms.